The first-order valence-corrected chi connectivity index (χ1v) is 23.5. The van der Waals surface area contributed by atoms with Crippen molar-refractivity contribution in [2.24, 2.45) is 17.8 Å². The number of likely N-dealkylation sites (N-methyl/N-ethyl adjacent to an activating group) is 1. The molecule has 0 bridgehead atoms. The zero-order valence-electron chi connectivity index (χ0n) is 40.1. The van der Waals surface area contributed by atoms with E-state index in [9.17, 15) is 43.5 Å². The van der Waals surface area contributed by atoms with Crippen LogP contribution in [0.5, 0.6) is 0 Å². The lowest BCUT2D eigenvalue weighted by molar-refractivity contribution is -0.147. The molecule has 2 saturated heterocycles. The summed E-state index contributed by atoms with van der Waals surface area (Å²) < 4.78 is 11.9. The van der Waals surface area contributed by atoms with Crippen molar-refractivity contribution in [3.63, 3.8) is 0 Å². The molecular weight excluding hydrogens is 851 g/mol. The van der Waals surface area contributed by atoms with Crippen LogP contribution in [0.25, 0.3) is 0 Å². The van der Waals surface area contributed by atoms with Crippen molar-refractivity contribution in [3.8, 4) is 0 Å². The minimum atomic E-state index is -1.16. The third-order valence-electron chi connectivity index (χ3n) is 13.5. The number of methoxy groups -OCH3 is 2. The number of likely N-dealkylation sites (tertiary alicyclic amines) is 1. The Morgan fingerprint density at radius 2 is 1.47 bits per heavy atom. The van der Waals surface area contributed by atoms with Crippen LogP contribution in [-0.2, 0) is 49.5 Å². The van der Waals surface area contributed by atoms with Crippen LogP contribution < -0.4 is 10.6 Å². The van der Waals surface area contributed by atoms with E-state index in [1.165, 1.54) is 31.3 Å². The van der Waals surface area contributed by atoms with E-state index < -0.39 is 60.2 Å². The monoisotopic (exact) mass is 924 g/mol. The van der Waals surface area contributed by atoms with Gasteiger partial charge in [-0.15, -0.1) is 0 Å². The van der Waals surface area contributed by atoms with Gasteiger partial charge in [-0.1, -0.05) is 77.8 Å². The van der Waals surface area contributed by atoms with Crippen molar-refractivity contribution >= 4 is 47.4 Å². The fourth-order valence-corrected chi connectivity index (χ4v) is 9.31. The number of urea groups is 1. The molecule has 4 rings (SSSR count). The average molecular weight is 924 g/mol. The predicted octanol–water partition coefficient (Wildman–Crippen LogP) is 3.08. The molecule has 66 heavy (non-hydrogen) atoms. The number of nitrogens with one attached hydrogen (secondary N) is 2. The Morgan fingerprint density at radius 3 is 2.05 bits per heavy atom. The van der Waals surface area contributed by atoms with E-state index in [1.807, 2.05) is 33.8 Å². The van der Waals surface area contributed by atoms with Crippen molar-refractivity contribution in [2.45, 2.75) is 129 Å². The number of rotatable bonds is 24. The van der Waals surface area contributed by atoms with E-state index in [0.29, 0.717) is 84.2 Å². The topological polar surface area (TPSA) is 216 Å². The molecule has 366 valence electrons. The quantitative estimate of drug-likeness (QED) is 0.101. The molecule has 18 nitrogen and oxygen atoms in total. The van der Waals surface area contributed by atoms with Gasteiger partial charge in [0.2, 0.25) is 23.6 Å². The lowest BCUT2D eigenvalue weighted by atomic mass is 9.89. The first-order chi connectivity index (χ1) is 31.4. The summed E-state index contributed by atoms with van der Waals surface area (Å²) in [5.74, 6) is -4.04. The number of ether oxygens (including phenoxy) is 2. The van der Waals surface area contributed by atoms with Crippen LogP contribution in [0.2, 0.25) is 0 Å². The van der Waals surface area contributed by atoms with Gasteiger partial charge in [0, 0.05) is 85.5 Å². The van der Waals surface area contributed by atoms with E-state index in [0.717, 1.165) is 5.56 Å². The van der Waals surface area contributed by atoms with E-state index >= 15 is 0 Å². The Bertz CT molecular complexity index is 1850. The van der Waals surface area contributed by atoms with Gasteiger partial charge in [0.25, 0.3) is 11.8 Å². The summed E-state index contributed by atoms with van der Waals surface area (Å²) in [6.07, 6.45) is 5.28. The second kappa shape index (κ2) is 25.5. The summed E-state index contributed by atoms with van der Waals surface area (Å²) in [5.41, 5.74) is 0.767. The number of hydrogen-bond donors (Lipinski definition) is 3. The summed E-state index contributed by atoms with van der Waals surface area (Å²) in [4.78, 5) is 112. The molecule has 0 aromatic heterocycles. The molecule has 0 radical (unpaired) electrons. The van der Waals surface area contributed by atoms with Crippen molar-refractivity contribution < 1.29 is 52.9 Å². The Balaban J connectivity index is 1.34. The molecule has 0 saturated carbocycles. The molecule has 3 heterocycles. The average Bonchev–Trinajstić information content (AvgIpc) is 3.92. The first-order valence-electron chi connectivity index (χ1n) is 23.5. The van der Waals surface area contributed by atoms with E-state index in [2.05, 4.69) is 10.6 Å². The number of carbonyl (C=O) groups is 8. The number of nitrogens with zero attached hydrogens (tertiary/aromatic N) is 5. The first kappa shape index (κ1) is 53.3. The molecule has 18 heteroatoms. The van der Waals surface area contributed by atoms with E-state index in [1.54, 1.807) is 57.8 Å². The van der Waals surface area contributed by atoms with Gasteiger partial charge in [-0.3, -0.25) is 33.7 Å². The molecule has 1 aromatic rings. The second-order valence-electron chi connectivity index (χ2n) is 18.2. The van der Waals surface area contributed by atoms with Crippen LogP contribution in [0.15, 0.2) is 42.5 Å². The van der Waals surface area contributed by atoms with Gasteiger partial charge in [0.05, 0.1) is 36.6 Å². The highest BCUT2D eigenvalue weighted by molar-refractivity contribution is 6.12. The molecular formula is C48H73N7O11. The standard InChI is InChI=1S/C48H73N7O11/c1-9-32(4)43(37(65-7)30-41(59)54-24-16-19-36(54)44(66-8)33(5)45(60)49-35(47(62)63)29-34-17-12-10-13-18-34)51(6)46(61)42(31(2)3)50-48(64)53-27-25-52(26-28-53)38(56)20-14-11-15-23-55-39(57)21-22-40(55)58/h10,12-13,17-18,21-22,31-33,35-37,42-44H,9,11,14-16,19-20,23-30H2,1-8H3,(H,49,60)(H,50,64)(H,62,63)/t32-,33+,35?,36?,37+,42?,43-,44+/m0/s1. The summed E-state index contributed by atoms with van der Waals surface area (Å²) >= 11 is 0. The largest absolute Gasteiger partial charge is 0.480 e. The lowest BCUT2D eigenvalue weighted by Crippen LogP contribution is -2.60. The fourth-order valence-electron chi connectivity index (χ4n) is 9.31. The maximum atomic E-state index is 14.4. The molecule has 2 fully saturated rings. The van der Waals surface area contributed by atoms with Gasteiger partial charge >= 0.3 is 12.0 Å². The van der Waals surface area contributed by atoms with Gasteiger partial charge in [-0.25, -0.2) is 9.59 Å². The maximum Gasteiger partial charge on any atom is 0.326 e. The number of imide groups is 1. The van der Waals surface area contributed by atoms with Crippen LogP contribution in [0.4, 0.5) is 4.79 Å². The van der Waals surface area contributed by atoms with Crippen molar-refractivity contribution in [3.05, 3.63) is 48.0 Å². The Labute approximate surface area is 389 Å². The van der Waals surface area contributed by atoms with Crippen LogP contribution in [0.1, 0.15) is 91.5 Å². The summed E-state index contributed by atoms with van der Waals surface area (Å²) in [6, 6.07) is 5.58. The van der Waals surface area contributed by atoms with Gasteiger partial charge in [-0.05, 0) is 43.1 Å². The highest BCUT2D eigenvalue weighted by Crippen LogP contribution is 2.30. The maximum absolute atomic E-state index is 14.4. The molecule has 3 aliphatic heterocycles. The number of aliphatic carboxylic acids is 1. The third-order valence-corrected chi connectivity index (χ3v) is 13.5. The van der Waals surface area contributed by atoms with Gasteiger partial charge in [0.15, 0.2) is 0 Å². The molecule has 0 aliphatic carbocycles. The lowest BCUT2D eigenvalue weighted by Gasteiger charge is -2.41. The SMILES string of the molecule is CC[C@H](C)[C@@H]([C@@H](CC(=O)N1CCCC1[C@H](OC)[C@@H](C)C(=O)NC(Cc1ccccc1)C(=O)O)OC)N(C)C(=O)C(NC(=O)N1CCN(C(=O)CCCCCN2C(=O)C=CC2=O)CC1)C(C)C. The fraction of sp³-hybridized carbons (Fsp3) is 0.667. The van der Waals surface area contributed by atoms with E-state index in [4.69, 9.17) is 9.47 Å². The minimum Gasteiger partial charge on any atom is -0.480 e. The van der Waals surface area contributed by atoms with Crippen LogP contribution >= 0.6 is 0 Å². The molecule has 3 unspecified atom stereocenters. The number of carboxylic acid groups (broad SMARTS) is 1. The Kier molecular flexibility index (Phi) is 20.6. The molecule has 3 aliphatic rings. The second-order valence-corrected chi connectivity index (χ2v) is 18.2. The molecule has 8 atom stereocenters. The van der Waals surface area contributed by atoms with Crippen LogP contribution in [0.3, 0.4) is 0 Å². The van der Waals surface area contributed by atoms with Crippen molar-refractivity contribution in [1.82, 2.24) is 35.1 Å². The smallest absolute Gasteiger partial charge is 0.326 e. The van der Waals surface area contributed by atoms with Gasteiger partial charge in [0.1, 0.15) is 12.1 Å². The van der Waals surface area contributed by atoms with Crippen molar-refractivity contribution in [2.75, 3.05) is 60.5 Å². The number of benzene rings is 1. The summed E-state index contributed by atoms with van der Waals surface area (Å²) in [5, 5.41) is 15.6. The van der Waals surface area contributed by atoms with Crippen LogP contribution in [-0.4, -0.2) is 174 Å². The zero-order chi connectivity index (χ0) is 48.7. The number of unbranched alkanes of at least 4 members (excludes halogenated alkanes) is 2. The predicted molar refractivity (Wildman–Crippen MR) is 245 cm³/mol. The van der Waals surface area contributed by atoms with Gasteiger partial charge in [-0.2, -0.15) is 0 Å². The third kappa shape index (κ3) is 14.1. The molecule has 8 amide bonds. The Morgan fingerprint density at radius 1 is 0.833 bits per heavy atom. The minimum absolute atomic E-state index is 0.0225. The van der Waals surface area contributed by atoms with Gasteiger partial charge < -0.3 is 44.8 Å². The normalized spacial score (nSPS) is 19.6. The number of amides is 8. The number of carboxylic acids is 1. The molecule has 3 N–H and O–H groups in total. The number of hydrogen-bond acceptors (Lipinski definition) is 10. The summed E-state index contributed by atoms with van der Waals surface area (Å²) in [6.45, 7) is 11.4. The Hall–Kier alpha value is -5.36. The van der Waals surface area contributed by atoms with Crippen LogP contribution in [0, 0.1) is 17.8 Å². The number of piperazine rings is 1. The van der Waals surface area contributed by atoms with Crippen molar-refractivity contribution in [1.29, 1.82) is 0 Å². The highest BCUT2D eigenvalue weighted by atomic mass is 16.5. The molecule has 0 spiro atoms. The zero-order valence-corrected chi connectivity index (χ0v) is 40.1. The molecule has 1 aromatic carbocycles. The summed E-state index contributed by atoms with van der Waals surface area (Å²) in [7, 11) is 4.66. The van der Waals surface area contributed by atoms with E-state index in [-0.39, 0.29) is 54.2 Å². The number of carbonyl (C=O) groups excluding carboxylic acids is 7. The highest BCUT2D eigenvalue weighted by Gasteiger charge is 2.43.